The quantitative estimate of drug-likeness (QED) is 0.690. The van der Waals surface area contributed by atoms with Gasteiger partial charge in [-0.2, -0.15) is 0 Å². The van der Waals surface area contributed by atoms with Gasteiger partial charge in [-0.15, -0.1) is 0 Å². The van der Waals surface area contributed by atoms with Crippen molar-refractivity contribution in [3.8, 4) is 5.75 Å². The monoisotopic (exact) mass is 371 g/mol. The SMILES string of the molecule is C=C(Oc1ccc(CCC(=O)N2CCN(C3CCCC3)CC2)cc1)N(C)C. The summed E-state index contributed by atoms with van der Waals surface area (Å²) in [6.45, 7) is 7.71. The van der Waals surface area contributed by atoms with Gasteiger partial charge in [-0.25, -0.2) is 0 Å². The van der Waals surface area contributed by atoms with Crippen LogP contribution in [0.3, 0.4) is 0 Å². The number of rotatable bonds is 7. The molecule has 5 nitrogen and oxygen atoms in total. The molecular weight excluding hydrogens is 338 g/mol. The van der Waals surface area contributed by atoms with E-state index in [-0.39, 0.29) is 5.91 Å². The first-order valence-corrected chi connectivity index (χ1v) is 10.2. The third-order valence-electron chi connectivity index (χ3n) is 5.79. The molecule has 1 saturated carbocycles. The van der Waals surface area contributed by atoms with E-state index in [0.29, 0.717) is 12.3 Å². The number of carbonyl (C=O) groups excluding carboxylic acids is 1. The van der Waals surface area contributed by atoms with Crippen LogP contribution in [0.2, 0.25) is 0 Å². The Bertz CT molecular complexity index is 627. The summed E-state index contributed by atoms with van der Waals surface area (Å²) >= 11 is 0. The minimum absolute atomic E-state index is 0.280. The highest BCUT2D eigenvalue weighted by Gasteiger charge is 2.27. The van der Waals surface area contributed by atoms with Crippen molar-refractivity contribution in [3.63, 3.8) is 0 Å². The average molecular weight is 372 g/mol. The summed E-state index contributed by atoms with van der Waals surface area (Å²) in [5.41, 5.74) is 1.16. The Morgan fingerprint density at radius 3 is 2.33 bits per heavy atom. The molecule has 0 atom stereocenters. The van der Waals surface area contributed by atoms with Crippen LogP contribution in [0.1, 0.15) is 37.7 Å². The highest BCUT2D eigenvalue weighted by molar-refractivity contribution is 5.76. The van der Waals surface area contributed by atoms with E-state index >= 15 is 0 Å². The lowest BCUT2D eigenvalue weighted by molar-refractivity contribution is -0.133. The van der Waals surface area contributed by atoms with E-state index in [9.17, 15) is 4.79 Å². The normalized spacial score (nSPS) is 18.5. The van der Waals surface area contributed by atoms with Crippen molar-refractivity contribution in [2.75, 3.05) is 40.3 Å². The van der Waals surface area contributed by atoms with E-state index in [1.807, 2.05) is 48.2 Å². The maximum absolute atomic E-state index is 12.6. The maximum atomic E-state index is 12.6. The molecular formula is C22H33N3O2. The molecule has 0 N–H and O–H groups in total. The Morgan fingerprint density at radius 2 is 1.74 bits per heavy atom. The fraction of sp³-hybridized carbons (Fsp3) is 0.591. The fourth-order valence-corrected chi connectivity index (χ4v) is 3.97. The highest BCUT2D eigenvalue weighted by Crippen LogP contribution is 2.24. The van der Waals surface area contributed by atoms with Crippen LogP contribution < -0.4 is 4.74 Å². The van der Waals surface area contributed by atoms with Gasteiger partial charge in [-0.1, -0.05) is 25.0 Å². The van der Waals surface area contributed by atoms with Crippen LogP contribution in [0.5, 0.6) is 5.75 Å². The van der Waals surface area contributed by atoms with E-state index in [0.717, 1.165) is 50.0 Å². The molecule has 1 aromatic rings. The van der Waals surface area contributed by atoms with E-state index < -0.39 is 0 Å². The maximum Gasteiger partial charge on any atom is 0.222 e. The molecule has 1 aliphatic carbocycles. The van der Waals surface area contributed by atoms with E-state index in [4.69, 9.17) is 4.74 Å². The van der Waals surface area contributed by atoms with Crippen molar-refractivity contribution in [3.05, 3.63) is 42.3 Å². The zero-order chi connectivity index (χ0) is 19.2. The summed E-state index contributed by atoms with van der Waals surface area (Å²) in [4.78, 5) is 19.0. The molecule has 148 valence electrons. The van der Waals surface area contributed by atoms with Gasteiger partial charge >= 0.3 is 0 Å². The molecule has 5 heteroatoms. The van der Waals surface area contributed by atoms with Crippen LogP contribution in [-0.4, -0.2) is 66.9 Å². The molecule has 3 rings (SSSR count). The van der Waals surface area contributed by atoms with E-state index in [1.54, 1.807) is 0 Å². The molecule has 0 radical (unpaired) electrons. The molecule has 2 fully saturated rings. The Hall–Kier alpha value is -2.01. The Balaban J connectivity index is 1.40. The van der Waals surface area contributed by atoms with Crippen molar-refractivity contribution < 1.29 is 9.53 Å². The summed E-state index contributed by atoms with van der Waals surface area (Å²) in [5.74, 6) is 1.66. The third-order valence-corrected chi connectivity index (χ3v) is 5.79. The number of ether oxygens (including phenoxy) is 1. The number of hydrogen-bond acceptors (Lipinski definition) is 4. The first kappa shape index (κ1) is 19.7. The highest BCUT2D eigenvalue weighted by atomic mass is 16.5. The Labute approximate surface area is 163 Å². The van der Waals surface area contributed by atoms with Crippen LogP contribution in [0.25, 0.3) is 0 Å². The molecule has 0 spiro atoms. The number of aryl methyl sites for hydroxylation is 1. The van der Waals surface area contributed by atoms with Crippen LogP contribution in [0.4, 0.5) is 0 Å². The lowest BCUT2D eigenvalue weighted by Crippen LogP contribution is -2.51. The largest absolute Gasteiger partial charge is 0.442 e. The summed E-state index contributed by atoms with van der Waals surface area (Å²) in [6, 6.07) is 8.71. The zero-order valence-corrected chi connectivity index (χ0v) is 16.8. The summed E-state index contributed by atoms with van der Waals surface area (Å²) < 4.78 is 5.66. The van der Waals surface area contributed by atoms with Gasteiger partial charge < -0.3 is 14.5 Å². The van der Waals surface area contributed by atoms with Crippen molar-refractivity contribution in [1.29, 1.82) is 0 Å². The summed E-state index contributed by atoms with van der Waals surface area (Å²) in [6.07, 6.45) is 6.78. The predicted octanol–water partition coefficient (Wildman–Crippen LogP) is 3.12. The summed E-state index contributed by atoms with van der Waals surface area (Å²) in [5, 5.41) is 0. The number of piperazine rings is 1. The molecule has 1 saturated heterocycles. The van der Waals surface area contributed by atoms with Crippen molar-refractivity contribution in [2.45, 2.75) is 44.6 Å². The topological polar surface area (TPSA) is 36.0 Å². The molecule has 27 heavy (non-hydrogen) atoms. The standard InChI is InChI=1S/C22H33N3O2/c1-18(23(2)3)27-21-11-8-19(9-12-21)10-13-22(26)25-16-14-24(15-17-25)20-6-4-5-7-20/h8-9,11-12,20H,1,4-7,10,13-17H2,2-3H3. The molecule has 0 aromatic heterocycles. The molecule has 1 aromatic carbocycles. The van der Waals surface area contributed by atoms with Gasteiger partial charge in [-0.05, 0) is 43.5 Å². The average Bonchev–Trinajstić information content (AvgIpc) is 3.22. The molecule has 2 aliphatic rings. The summed E-state index contributed by atoms with van der Waals surface area (Å²) in [7, 11) is 3.80. The van der Waals surface area contributed by atoms with Gasteiger partial charge in [0.05, 0.1) is 0 Å². The molecule has 1 heterocycles. The predicted molar refractivity (Wildman–Crippen MR) is 109 cm³/mol. The first-order valence-electron chi connectivity index (χ1n) is 10.2. The van der Waals surface area contributed by atoms with Crippen LogP contribution in [0.15, 0.2) is 36.7 Å². The third kappa shape index (κ3) is 5.48. The van der Waals surface area contributed by atoms with Gasteiger partial charge in [0.2, 0.25) is 5.91 Å². The van der Waals surface area contributed by atoms with Crippen molar-refractivity contribution >= 4 is 5.91 Å². The molecule has 0 unspecified atom stereocenters. The number of carbonyl (C=O) groups is 1. The molecule has 1 aliphatic heterocycles. The number of hydrogen-bond donors (Lipinski definition) is 0. The van der Waals surface area contributed by atoms with E-state index in [2.05, 4.69) is 11.5 Å². The van der Waals surface area contributed by atoms with Crippen LogP contribution in [0, 0.1) is 0 Å². The zero-order valence-electron chi connectivity index (χ0n) is 16.8. The smallest absolute Gasteiger partial charge is 0.222 e. The molecule has 1 amide bonds. The van der Waals surface area contributed by atoms with Crippen molar-refractivity contribution in [2.24, 2.45) is 0 Å². The molecule has 0 bridgehead atoms. The van der Waals surface area contributed by atoms with Gasteiger partial charge in [0.1, 0.15) is 5.75 Å². The van der Waals surface area contributed by atoms with Gasteiger partial charge in [0, 0.05) is 52.7 Å². The number of benzene rings is 1. The minimum Gasteiger partial charge on any atom is -0.442 e. The van der Waals surface area contributed by atoms with Crippen LogP contribution in [-0.2, 0) is 11.2 Å². The second-order valence-corrected chi connectivity index (χ2v) is 7.89. The van der Waals surface area contributed by atoms with Crippen molar-refractivity contribution in [1.82, 2.24) is 14.7 Å². The van der Waals surface area contributed by atoms with Crippen LogP contribution >= 0.6 is 0 Å². The Kier molecular flexibility index (Phi) is 6.78. The van der Waals surface area contributed by atoms with Gasteiger partial charge in [0.15, 0.2) is 5.88 Å². The van der Waals surface area contributed by atoms with E-state index in [1.165, 1.54) is 25.7 Å². The van der Waals surface area contributed by atoms with Gasteiger partial charge in [-0.3, -0.25) is 9.69 Å². The number of nitrogens with zero attached hydrogens (tertiary/aromatic N) is 3. The minimum atomic E-state index is 0.280. The lowest BCUT2D eigenvalue weighted by Gasteiger charge is -2.38. The number of amides is 1. The first-order chi connectivity index (χ1) is 13.0. The lowest BCUT2D eigenvalue weighted by atomic mass is 10.1. The van der Waals surface area contributed by atoms with Gasteiger partial charge in [0.25, 0.3) is 0 Å². The second-order valence-electron chi connectivity index (χ2n) is 7.89. The Morgan fingerprint density at radius 1 is 1.11 bits per heavy atom. The second kappa shape index (κ2) is 9.27. The fourth-order valence-electron chi connectivity index (χ4n) is 3.97.